The van der Waals surface area contributed by atoms with E-state index in [1.807, 2.05) is 0 Å². The van der Waals surface area contributed by atoms with Crippen LogP contribution in [-0.2, 0) is 29.5 Å². The molecule has 4 amide bonds. The fourth-order valence-electron chi connectivity index (χ4n) is 4.65. The summed E-state index contributed by atoms with van der Waals surface area (Å²) in [5.41, 5.74) is 4.76. The highest BCUT2D eigenvalue weighted by Crippen LogP contribution is 2.54. The molecule has 1 spiro atoms. The van der Waals surface area contributed by atoms with Gasteiger partial charge in [0.25, 0.3) is 0 Å². The third kappa shape index (κ3) is 2.40. The Labute approximate surface area is 165 Å². The lowest BCUT2D eigenvalue weighted by Crippen LogP contribution is -2.53. The summed E-state index contributed by atoms with van der Waals surface area (Å²) in [7, 11) is 1.47. The van der Waals surface area contributed by atoms with Gasteiger partial charge in [-0.15, -0.1) is 0 Å². The lowest BCUT2D eigenvalue weighted by atomic mass is 9.76. The first-order valence-electron chi connectivity index (χ1n) is 8.83. The summed E-state index contributed by atoms with van der Waals surface area (Å²) in [5.74, 6) is -3.91. The Morgan fingerprint density at radius 2 is 2.07 bits per heavy atom. The first-order chi connectivity index (χ1) is 13.3. The number of ether oxygens (including phenoxy) is 1. The number of primary amides is 1. The molecule has 0 unspecified atom stereocenters. The van der Waals surface area contributed by atoms with Gasteiger partial charge in [0.1, 0.15) is 5.54 Å². The minimum absolute atomic E-state index is 0.0740. The maximum Gasteiger partial charge on any atom is 0.250 e. The van der Waals surface area contributed by atoms with Gasteiger partial charge in [-0.2, -0.15) is 0 Å². The normalized spacial score (nSPS) is 30.7. The molecular weight excluding hydrogens is 388 g/mol. The number of nitrogens with two attached hydrogens (primary N) is 1. The van der Waals surface area contributed by atoms with E-state index in [2.05, 4.69) is 10.6 Å². The maximum atomic E-state index is 13.2. The Kier molecular flexibility index (Phi) is 4.40. The Hall–Kier alpha value is -2.49. The first kappa shape index (κ1) is 18.9. The summed E-state index contributed by atoms with van der Waals surface area (Å²) >= 11 is 6.23. The number of benzene rings is 1. The van der Waals surface area contributed by atoms with E-state index in [1.165, 1.54) is 7.11 Å². The SMILES string of the molecule is COCCN1C(=O)[C@@H]2[C@H](CC(N)=O)N[C@@]3(C(=O)Nc4c(Cl)cccc43)[C@@H]2C1=O. The molecule has 4 atom stereocenters. The molecule has 0 aliphatic carbocycles. The molecule has 3 heterocycles. The molecule has 0 radical (unpaired) electrons. The second kappa shape index (κ2) is 6.54. The molecule has 1 aromatic rings. The zero-order valence-corrected chi connectivity index (χ0v) is 15.8. The fourth-order valence-corrected chi connectivity index (χ4v) is 4.87. The molecule has 0 bridgehead atoms. The molecule has 148 valence electrons. The highest BCUT2D eigenvalue weighted by atomic mass is 35.5. The maximum absolute atomic E-state index is 13.2. The standard InChI is InChI=1S/C18H19ClN4O5/c1-28-6-5-23-15(25)12-10(7-11(20)24)22-18(13(12)16(23)26)8-3-2-4-9(19)14(8)21-17(18)27/h2-4,10,12-13,22H,5-7H2,1H3,(H2,20,24)(H,21,27)/t10-,12+,13-,18+/m0/s1. The van der Waals surface area contributed by atoms with Crippen molar-refractivity contribution in [2.24, 2.45) is 17.6 Å². The number of imide groups is 1. The summed E-state index contributed by atoms with van der Waals surface area (Å²) in [6, 6.07) is 4.23. The van der Waals surface area contributed by atoms with Crippen molar-refractivity contribution in [3.8, 4) is 0 Å². The van der Waals surface area contributed by atoms with E-state index in [-0.39, 0.29) is 19.6 Å². The Balaban J connectivity index is 1.85. The van der Waals surface area contributed by atoms with E-state index < -0.39 is 47.0 Å². The summed E-state index contributed by atoms with van der Waals surface area (Å²) in [6.45, 7) is 0.247. The minimum atomic E-state index is -1.49. The van der Waals surface area contributed by atoms with Gasteiger partial charge in [0.15, 0.2) is 0 Å². The number of likely N-dealkylation sites (tertiary alicyclic amines) is 1. The third-order valence-electron chi connectivity index (χ3n) is 5.73. The van der Waals surface area contributed by atoms with Crippen molar-refractivity contribution in [1.29, 1.82) is 0 Å². The molecular formula is C18H19ClN4O5. The van der Waals surface area contributed by atoms with Crippen LogP contribution in [-0.4, -0.2) is 54.8 Å². The molecule has 9 nitrogen and oxygen atoms in total. The first-order valence-corrected chi connectivity index (χ1v) is 9.21. The number of rotatable bonds is 5. The average molecular weight is 407 g/mol. The van der Waals surface area contributed by atoms with Crippen molar-refractivity contribution < 1.29 is 23.9 Å². The number of fused-ring (bicyclic) bond motifs is 4. The molecule has 10 heteroatoms. The lowest BCUT2D eigenvalue weighted by Gasteiger charge is -2.29. The van der Waals surface area contributed by atoms with Gasteiger partial charge in [-0.3, -0.25) is 29.4 Å². The zero-order valence-electron chi connectivity index (χ0n) is 15.0. The number of nitrogens with one attached hydrogen (secondary N) is 2. The lowest BCUT2D eigenvalue weighted by molar-refractivity contribution is -0.143. The topological polar surface area (TPSA) is 131 Å². The van der Waals surface area contributed by atoms with Gasteiger partial charge in [0.05, 0.1) is 35.7 Å². The van der Waals surface area contributed by atoms with Gasteiger partial charge >= 0.3 is 0 Å². The second-order valence-electron chi connectivity index (χ2n) is 7.17. The third-order valence-corrected chi connectivity index (χ3v) is 6.05. The van der Waals surface area contributed by atoms with Gasteiger partial charge in [-0.25, -0.2) is 0 Å². The largest absolute Gasteiger partial charge is 0.383 e. The van der Waals surface area contributed by atoms with Crippen LogP contribution in [0.2, 0.25) is 5.02 Å². The monoisotopic (exact) mass is 406 g/mol. The number of halogens is 1. The van der Waals surface area contributed by atoms with Crippen LogP contribution in [0.15, 0.2) is 18.2 Å². The van der Waals surface area contributed by atoms with Gasteiger partial charge in [0, 0.05) is 25.1 Å². The molecule has 1 aromatic carbocycles. The second-order valence-corrected chi connectivity index (χ2v) is 7.58. The molecule has 0 saturated carbocycles. The van der Waals surface area contributed by atoms with Crippen molar-refractivity contribution in [3.05, 3.63) is 28.8 Å². The zero-order chi connectivity index (χ0) is 20.2. The Morgan fingerprint density at radius 1 is 1.32 bits per heavy atom. The molecule has 4 rings (SSSR count). The molecule has 3 aliphatic heterocycles. The van der Waals surface area contributed by atoms with Crippen molar-refractivity contribution in [3.63, 3.8) is 0 Å². The molecule has 4 N–H and O–H groups in total. The van der Waals surface area contributed by atoms with Crippen molar-refractivity contribution >= 4 is 40.9 Å². The molecule has 2 fully saturated rings. The predicted octanol–water partition coefficient (Wildman–Crippen LogP) is -0.418. The number of amides is 4. The summed E-state index contributed by atoms with van der Waals surface area (Å²) in [6.07, 6.45) is -0.177. The number of anilines is 1. The highest BCUT2D eigenvalue weighted by molar-refractivity contribution is 6.35. The van der Waals surface area contributed by atoms with Crippen LogP contribution in [0.4, 0.5) is 5.69 Å². The summed E-state index contributed by atoms with van der Waals surface area (Å²) < 4.78 is 4.99. The highest BCUT2D eigenvalue weighted by Gasteiger charge is 2.70. The van der Waals surface area contributed by atoms with E-state index in [1.54, 1.807) is 18.2 Å². The van der Waals surface area contributed by atoms with Gasteiger partial charge in [-0.05, 0) is 6.07 Å². The average Bonchev–Trinajstić information content (AvgIpc) is 3.20. The van der Waals surface area contributed by atoms with E-state index in [9.17, 15) is 19.2 Å². The molecule has 0 aromatic heterocycles. The summed E-state index contributed by atoms with van der Waals surface area (Å²) in [4.78, 5) is 52.0. The van der Waals surface area contributed by atoms with Crippen LogP contribution < -0.4 is 16.4 Å². The van der Waals surface area contributed by atoms with Gasteiger partial charge in [-0.1, -0.05) is 23.7 Å². The predicted molar refractivity (Wildman–Crippen MR) is 98.1 cm³/mol. The van der Waals surface area contributed by atoms with Crippen molar-refractivity contribution in [2.75, 3.05) is 25.6 Å². The van der Waals surface area contributed by atoms with E-state index in [0.29, 0.717) is 16.3 Å². The minimum Gasteiger partial charge on any atom is -0.383 e. The van der Waals surface area contributed by atoms with Crippen LogP contribution in [0, 0.1) is 11.8 Å². The number of methoxy groups -OCH3 is 1. The van der Waals surface area contributed by atoms with Crippen molar-refractivity contribution in [2.45, 2.75) is 18.0 Å². The van der Waals surface area contributed by atoms with Crippen LogP contribution in [0.3, 0.4) is 0 Å². The van der Waals surface area contributed by atoms with Crippen molar-refractivity contribution in [1.82, 2.24) is 10.2 Å². The Morgan fingerprint density at radius 3 is 2.75 bits per heavy atom. The number of nitrogens with zero attached hydrogens (tertiary/aromatic N) is 1. The van der Waals surface area contributed by atoms with E-state index in [0.717, 1.165) is 4.90 Å². The van der Waals surface area contributed by atoms with Crippen LogP contribution >= 0.6 is 11.6 Å². The Bertz CT molecular complexity index is 906. The molecule has 28 heavy (non-hydrogen) atoms. The van der Waals surface area contributed by atoms with Crippen LogP contribution in [0.1, 0.15) is 12.0 Å². The van der Waals surface area contributed by atoms with E-state index >= 15 is 0 Å². The number of carbonyl (C=O) groups is 4. The molecule has 3 aliphatic rings. The van der Waals surface area contributed by atoms with Gasteiger partial charge in [0.2, 0.25) is 23.6 Å². The number of hydrogen-bond acceptors (Lipinski definition) is 6. The number of hydrogen-bond donors (Lipinski definition) is 3. The van der Waals surface area contributed by atoms with Crippen LogP contribution in [0.25, 0.3) is 0 Å². The smallest absolute Gasteiger partial charge is 0.250 e. The number of para-hydroxylation sites is 1. The van der Waals surface area contributed by atoms with E-state index in [4.69, 9.17) is 22.1 Å². The number of carbonyl (C=O) groups excluding carboxylic acids is 4. The van der Waals surface area contributed by atoms with Crippen LogP contribution in [0.5, 0.6) is 0 Å². The fraction of sp³-hybridized carbons (Fsp3) is 0.444. The summed E-state index contributed by atoms with van der Waals surface area (Å²) in [5, 5.41) is 6.15. The van der Waals surface area contributed by atoms with Gasteiger partial charge < -0.3 is 15.8 Å². The molecule has 2 saturated heterocycles. The quantitative estimate of drug-likeness (QED) is 0.569.